The molecule has 0 saturated heterocycles. The minimum absolute atomic E-state index is 0.103. The zero-order valence-corrected chi connectivity index (χ0v) is 19.9. The van der Waals surface area contributed by atoms with Gasteiger partial charge in [-0.1, -0.05) is 74.7 Å². The van der Waals surface area contributed by atoms with Gasteiger partial charge in [0.2, 0.25) is 0 Å². The van der Waals surface area contributed by atoms with Gasteiger partial charge in [0.05, 0.1) is 6.04 Å². The fourth-order valence-corrected chi connectivity index (χ4v) is 3.59. The lowest BCUT2D eigenvalue weighted by Gasteiger charge is -2.22. The summed E-state index contributed by atoms with van der Waals surface area (Å²) in [6.07, 6.45) is 4.60. The summed E-state index contributed by atoms with van der Waals surface area (Å²) in [4.78, 5) is 24.7. The van der Waals surface area contributed by atoms with Gasteiger partial charge in [-0.3, -0.25) is 9.59 Å². The molecule has 0 unspecified atom stereocenters. The van der Waals surface area contributed by atoms with Crippen molar-refractivity contribution in [1.29, 1.82) is 0 Å². The highest BCUT2D eigenvalue weighted by molar-refractivity contribution is 6.02. The van der Waals surface area contributed by atoms with E-state index in [0.717, 1.165) is 30.5 Å². The van der Waals surface area contributed by atoms with E-state index in [1.54, 1.807) is 24.3 Å². The Morgan fingerprint density at radius 2 is 1.16 bits per heavy atom. The summed E-state index contributed by atoms with van der Waals surface area (Å²) in [7, 11) is 0. The molecule has 0 atom stereocenters. The fourth-order valence-electron chi connectivity index (χ4n) is 3.59. The molecule has 0 radical (unpaired) electrons. The Balaban J connectivity index is 2.28. The van der Waals surface area contributed by atoms with Crippen molar-refractivity contribution in [1.82, 2.24) is 5.32 Å². The van der Waals surface area contributed by atoms with Crippen LogP contribution in [-0.4, -0.2) is 39.5 Å². The number of rotatable bonds is 12. The molecule has 32 heavy (non-hydrogen) atoms. The van der Waals surface area contributed by atoms with E-state index in [1.165, 1.54) is 40.5 Å². The van der Waals surface area contributed by atoms with Crippen molar-refractivity contribution < 1.29 is 19.8 Å². The van der Waals surface area contributed by atoms with Crippen molar-refractivity contribution in [2.45, 2.75) is 77.5 Å². The summed E-state index contributed by atoms with van der Waals surface area (Å²) in [5, 5.41) is 23.6. The molecule has 0 aliphatic rings. The number of benzene rings is 2. The van der Waals surface area contributed by atoms with Gasteiger partial charge < -0.3 is 15.5 Å². The number of unbranched alkanes of at least 4 members (excludes halogenated alkanes) is 3. The first-order valence-electron chi connectivity index (χ1n) is 11.4. The highest BCUT2D eigenvalue weighted by Gasteiger charge is 2.26. The molecule has 0 aliphatic heterocycles. The number of hydrogen-bond donors (Lipinski definition) is 3. The Hall–Kier alpha value is -2.34. The molecule has 5 heteroatoms. The lowest BCUT2D eigenvalue weighted by Crippen LogP contribution is -2.31. The Bertz CT molecular complexity index is 818. The molecule has 2 aromatic carbocycles. The molecule has 0 amide bonds. The summed E-state index contributed by atoms with van der Waals surface area (Å²) in [5.74, 6) is -0.634. The largest absolute Gasteiger partial charge is 0.382 e. The van der Waals surface area contributed by atoms with Crippen LogP contribution in [0.15, 0.2) is 48.5 Å². The van der Waals surface area contributed by atoms with Gasteiger partial charge in [-0.25, -0.2) is 0 Å². The van der Waals surface area contributed by atoms with E-state index in [9.17, 15) is 19.8 Å². The lowest BCUT2D eigenvalue weighted by molar-refractivity contribution is 0.0487. The van der Waals surface area contributed by atoms with Crippen LogP contribution in [0.4, 0.5) is 0 Å². The van der Waals surface area contributed by atoms with E-state index >= 15 is 0 Å². The predicted octanol–water partition coefficient (Wildman–Crippen LogP) is 4.85. The van der Waals surface area contributed by atoms with Crippen LogP contribution in [0.1, 0.15) is 98.2 Å². The molecule has 0 fully saturated rings. The SMILES string of the molecule is CCCCCCNC(c1ccc(C(=O)C(C)(C)O)cc1)c1ccc(C(=O)C(C)(C)O)cc1. The van der Waals surface area contributed by atoms with Crippen LogP contribution >= 0.6 is 0 Å². The zero-order valence-electron chi connectivity index (χ0n) is 19.9. The van der Waals surface area contributed by atoms with Crippen LogP contribution < -0.4 is 5.32 Å². The quantitative estimate of drug-likeness (QED) is 0.325. The Morgan fingerprint density at radius 1 is 0.750 bits per heavy atom. The van der Waals surface area contributed by atoms with E-state index in [0.29, 0.717) is 11.1 Å². The minimum Gasteiger partial charge on any atom is -0.382 e. The number of hydrogen-bond acceptors (Lipinski definition) is 5. The monoisotopic (exact) mass is 439 g/mol. The number of aliphatic hydroxyl groups is 2. The highest BCUT2D eigenvalue weighted by Crippen LogP contribution is 2.25. The van der Waals surface area contributed by atoms with Gasteiger partial charge in [0.15, 0.2) is 11.6 Å². The molecule has 0 bridgehead atoms. The van der Waals surface area contributed by atoms with E-state index in [4.69, 9.17) is 0 Å². The fraction of sp³-hybridized carbons (Fsp3) is 0.481. The van der Waals surface area contributed by atoms with E-state index in [2.05, 4.69) is 12.2 Å². The maximum absolute atomic E-state index is 12.4. The van der Waals surface area contributed by atoms with Crippen molar-refractivity contribution in [3.63, 3.8) is 0 Å². The van der Waals surface area contributed by atoms with E-state index < -0.39 is 11.2 Å². The first kappa shape index (κ1) is 25.9. The van der Waals surface area contributed by atoms with Crippen molar-refractivity contribution in [2.24, 2.45) is 0 Å². The maximum atomic E-state index is 12.4. The Kier molecular flexibility index (Phi) is 8.90. The first-order chi connectivity index (χ1) is 14.9. The van der Waals surface area contributed by atoms with Gasteiger partial charge in [0.25, 0.3) is 0 Å². The van der Waals surface area contributed by atoms with Gasteiger partial charge in [-0.15, -0.1) is 0 Å². The van der Waals surface area contributed by atoms with Gasteiger partial charge in [-0.05, 0) is 51.8 Å². The highest BCUT2D eigenvalue weighted by atomic mass is 16.3. The Morgan fingerprint density at radius 3 is 1.50 bits per heavy atom. The van der Waals surface area contributed by atoms with Crippen LogP contribution in [0.5, 0.6) is 0 Å². The van der Waals surface area contributed by atoms with Crippen LogP contribution in [0, 0.1) is 0 Å². The molecular formula is C27H37NO4. The maximum Gasteiger partial charge on any atom is 0.193 e. The zero-order chi connectivity index (χ0) is 23.9. The van der Waals surface area contributed by atoms with Gasteiger partial charge in [0.1, 0.15) is 11.2 Å². The van der Waals surface area contributed by atoms with Crippen molar-refractivity contribution >= 4 is 11.6 Å². The number of Topliss-reactive ketones (excluding diaryl/α,β-unsaturated/α-hetero) is 2. The summed E-state index contributed by atoms with van der Waals surface area (Å²) >= 11 is 0. The van der Waals surface area contributed by atoms with Crippen molar-refractivity contribution in [3.8, 4) is 0 Å². The van der Waals surface area contributed by atoms with Crippen molar-refractivity contribution in [2.75, 3.05) is 6.54 Å². The average molecular weight is 440 g/mol. The molecule has 174 valence electrons. The molecule has 2 aromatic rings. The molecule has 0 heterocycles. The van der Waals surface area contributed by atoms with Gasteiger partial charge >= 0.3 is 0 Å². The molecule has 5 nitrogen and oxygen atoms in total. The summed E-state index contributed by atoms with van der Waals surface area (Å²) in [5.41, 5.74) is 0.0922. The third-order valence-electron chi connectivity index (χ3n) is 5.50. The second-order valence-corrected chi connectivity index (χ2v) is 9.47. The topological polar surface area (TPSA) is 86.6 Å². The van der Waals surface area contributed by atoms with E-state index in [-0.39, 0.29) is 17.6 Å². The third-order valence-corrected chi connectivity index (χ3v) is 5.50. The summed E-state index contributed by atoms with van der Waals surface area (Å²) < 4.78 is 0. The van der Waals surface area contributed by atoms with Gasteiger partial charge in [0, 0.05) is 11.1 Å². The van der Waals surface area contributed by atoms with Crippen LogP contribution in [0.25, 0.3) is 0 Å². The minimum atomic E-state index is -1.42. The second-order valence-electron chi connectivity index (χ2n) is 9.47. The molecule has 3 N–H and O–H groups in total. The number of carbonyl (C=O) groups excluding carboxylic acids is 2. The molecule has 0 saturated carbocycles. The smallest absolute Gasteiger partial charge is 0.193 e. The summed E-state index contributed by atoms with van der Waals surface area (Å²) in [6.45, 7) is 8.98. The molecule has 2 rings (SSSR count). The standard InChI is InChI=1S/C27H37NO4/c1-6-7-8-9-18-28-23(19-10-14-21(15-11-19)24(29)26(2,3)31)20-12-16-22(17-13-20)25(30)27(4,5)32/h10-17,23,28,31-32H,6-9,18H2,1-5H3. The molecule has 0 aromatic heterocycles. The molecule has 0 aliphatic carbocycles. The van der Waals surface area contributed by atoms with Crippen LogP contribution in [0.2, 0.25) is 0 Å². The Labute approximate surface area is 191 Å². The predicted molar refractivity (Wildman–Crippen MR) is 128 cm³/mol. The first-order valence-corrected chi connectivity index (χ1v) is 11.4. The third kappa shape index (κ3) is 7.09. The number of nitrogens with one attached hydrogen (secondary N) is 1. The molecular weight excluding hydrogens is 402 g/mol. The normalized spacial score (nSPS) is 12.2. The van der Waals surface area contributed by atoms with Crippen molar-refractivity contribution in [3.05, 3.63) is 70.8 Å². The van der Waals surface area contributed by atoms with E-state index in [1.807, 2.05) is 24.3 Å². The lowest BCUT2D eigenvalue weighted by atomic mass is 9.91. The van der Waals surface area contributed by atoms with Crippen LogP contribution in [-0.2, 0) is 0 Å². The van der Waals surface area contributed by atoms with Crippen LogP contribution in [0.3, 0.4) is 0 Å². The number of carbonyl (C=O) groups is 2. The molecule has 0 spiro atoms. The second kappa shape index (κ2) is 11.0. The number of ketones is 2. The van der Waals surface area contributed by atoms with Gasteiger partial charge in [-0.2, -0.15) is 0 Å². The summed E-state index contributed by atoms with van der Waals surface area (Å²) in [6, 6.07) is 14.5. The average Bonchev–Trinajstić information content (AvgIpc) is 2.74.